The number of ether oxygens (including phenoxy) is 1. The number of aliphatic imine (C=N–C) groups is 1. The van der Waals surface area contributed by atoms with Gasteiger partial charge in [0.25, 0.3) is 11.5 Å². The molecule has 0 aliphatic carbocycles. The lowest BCUT2D eigenvalue weighted by molar-refractivity contribution is 0.0303. The van der Waals surface area contributed by atoms with Crippen molar-refractivity contribution in [3.05, 3.63) is 81.3 Å². The molecule has 0 spiro atoms. The van der Waals surface area contributed by atoms with Crippen molar-refractivity contribution in [2.24, 2.45) is 4.99 Å². The van der Waals surface area contributed by atoms with E-state index in [1.54, 1.807) is 35.4 Å². The minimum atomic E-state index is -0.152. The molecule has 30 heavy (non-hydrogen) atoms. The van der Waals surface area contributed by atoms with Crippen LogP contribution in [0.2, 0.25) is 0 Å². The summed E-state index contributed by atoms with van der Waals surface area (Å²) in [5, 5.41) is 3.11. The molecule has 7 heteroatoms. The third-order valence-corrected chi connectivity index (χ3v) is 5.13. The van der Waals surface area contributed by atoms with E-state index in [1.165, 1.54) is 4.68 Å². The minimum absolute atomic E-state index is 0.00338. The highest BCUT2D eigenvalue weighted by atomic mass is 16.5. The van der Waals surface area contributed by atoms with Crippen molar-refractivity contribution in [3.8, 4) is 5.69 Å². The Morgan fingerprint density at radius 2 is 1.83 bits per heavy atom. The number of carbonyl (C=O) groups is 1. The Labute approximate surface area is 174 Å². The number of aromatic amines is 1. The Morgan fingerprint density at radius 3 is 2.53 bits per heavy atom. The van der Waals surface area contributed by atoms with Crippen LogP contribution in [-0.2, 0) is 4.74 Å². The van der Waals surface area contributed by atoms with Crippen molar-refractivity contribution in [3.63, 3.8) is 0 Å². The van der Waals surface area contributed by atoms with Crippen LogP contribution in [-0.4, -0.2) is 53.1 Å². The van der Waals surface area contributed by atoms with Gasteiger partial charge < -0.3 is 9.64 Å². The van der Waals surface area contributed by atoms with Gasteiger partial charge in [0, 0.05) is 30.6 Å². The summed E-state index contributed by atoms with van der Waals surface area (Å²) in [4.78, 5) is 31.6. The molecule has 2 heterocycles. The number of nitrogens with one attached hydrogen (secondary N) is 1. The largest absolute Gasteiger partial charge is 0.378 e. The van der Waals surface area contributed by atoms with Gasteiger partial charge in [-0.1, -0.05) is 12.1 Å². The van der Waals surface area contributed by atoms with Crippen LogP contribution in [0.15, 0.2) is 58.3 Å². The fourth-order valence-electron chi connectivity index (χ4n) is 3.44. The quantitative estimate of drug-likeness (QED) is 0.679. The summed E-state index contributed by atoms with van der Waals surface area (Å²) >= 11 is 0. The number of aromatic nitrogens is 2. The summed E-state index contributed by atoms with van der Waals surface area (Å²) in [5.41, 5.74) is 4.25. The second-order valence-corrected chi connectivity index (χ2v) is 7.34. The van der Waals surface area contributed by atoms with Crippen LogP contribution in [0.25, 0.3) is 5.69 Å². The summed E-state index contributed by atoms with van der Waals surface area (Å²) in [5.74, 6) is -0.00338. The molecule has 1 aliphatic heterocycles. The van der Waals surface area contributed by atoms with E-state index in [9.17, 15) is 9.59 Å². The Kier molecular flexibility index (Phi) is 5.63. The third-order valence-electron chi connectivity index (χ3n) is 5.13. The van der Waals surface area contributed by atoms with Crippen molar-refractivity contribution in [2.75, 3.05) is 26.3 Å². The number of morpholine rings is 1. The molecule has 0 radical (unpaired) electrons. The lowest BCUT2D eigenvalue weighted by atomic mass is 10.1. The Balaban J connectivity index is 1.53. The van der Waals surface area contributed by atoms with E-state index in [0.29, 0.717) is 43.1 Å². The fraction of sp³-hybridized carbons (Fsp3) is 0.261. The van der Waals surface area contributed by atoms with Gasteiger partial charge in [-0.05, 0) is 55.8 Å². The first-order valence-electron chi connectivity index (χ1n) is 9.93. The van der Waals surface area contributed by atoms with Crippen LogP contribution in [0, 0.1) is 13.8 Å². The highest BCUT2D eigenvalue weighted by Crippen LogP contribution is 2.16. The number of rotatable bonds is 4. The van der Waals surface area contributed by atoms with Gasteiger partial charge in [-0.2, -0.15) is 0 Å². The molecule has 4 rings (SSSR count). The van der Waals surface area contributed by atoms with Crippen molar-refractivity contribution in [1.29, 1.82) is 0 Å². The maximum atomic E-state index is 12.8. The maximum absolute atomic E-state index is 12.8. The molecule has 0 unspecified atom stereocenters. The number of aryl methyl sites for hydroxylation is 2. The number of nitrogens with zero attached hydrogens (tertiary/aromatic N) is 3. The highest BCUT2D eigenvalue weighted by molar-refractivity contribution is 5.94. The second-order valence-electron chi connectivity index (χ2n) is 7.34. The van der Waals surface area contributed by atoms with Gasteiger partial charge in [-0.3, -0.25) is 19.7 Å². The molecule has 1 aliphatic rings. The van der Waals surface area contributed by atoms with E-state index in [0.717, 1.165) is 16.9 Å². The number of amides is 1. The predicted octanol–water partition coefficient (Wildman–Crippen LogP) is 3.01. The normalized spacial score (nSPS) is 14.4. The number of benzene rings is 2. The molecular weight excluding hydrogens is 380 g/mol. The van der Waals surface area contributed by atoms with Crippen LogP contribution in [0.1, 0.15) is 27.2 Å². The number of carbonyl (C=O) groups excluding carboxylic acids is 1. The standard InChI is InChI=1S/C23H24N4O3/c1-16-4-3-5-20(14-16)27-23(29)21(17(2)25-27)15-24-19-8-6-18(7-9-19)22(28)26-10-12-30-13-11-26/h3-9,14-15,25H,10-13H2,1-2H3. The molecule has 1 aromatic heterocycles. The molecule has 0 atom stereocenters. The van der Waals surface area contributed by atoms with Gasteiger partial charge in [0.1, 0.15) is 0 Å². The summed E-state index contributed by atoms with van der Waals surface area (Å²) < 4.78 is 6.81. The van der Waals surface area contributed by atoms with E-state index < -0.39 is 0 Å². The van der Waals surface area contributed by atoms with E-state index in [1.807, 2.05) is 38.1 Å². The number of hydrogen-bond donors (Lipinski definition) is 1. The Hall–Kier alpha value is -3.45. The second kappa shape index (κ2) is 8.51. The van der Waals surface area contributed by atoms with Gasteiger partial charge in [0.05, 0.1) is 30.2 Å². The summed E-state index contributed by atoms with van der Waals surface area (Å²) in [7, 11) is 0. The molecule has 1 amide bonds. The van der Waals surface area contributed by atoms with E-state index in [4.69, 9.17) is 4.74 Å². The zero-order valence-corrected chi connectivity index (χ0v) is 17.1. The van der Waals surface area contributed by atoms with Gasteiger partial charge >= 0.3 is 0 Å². The van der Waals surface area contributed by atoms with Gasteiger partial charge in [0.15, 0.2) is 0 Å². The van der Waals surface area contributed by atoms with Gasteiger partial charge in [-0.25, -0.2) is 4.68 Å². The van der Waals surface area contributed by atoms with Gasteiger partial charge in [0.2, 0.25) is 0 Å². The minimum Gasteiger partial charge on any atom is -0.378 e. The molecule has 1 fully saturated rings. The van der Waals surface area contributed by atoms with E-state index in [-0.39, 0.29) is 11.5 Å². The van der Waals surface area contributed by atoms with Crippen LogP contribution in [0.5, 0.6) is 0 Å². The topological polar surface area (TPSA) is 79.7 Å². The first kappa shape index (κ1) is 19.8. The summed E-state index contributed by atoms with van der Waals surface area (Å²) in [6, 6.07) is 14.8. The van der Waals surface area contributed by atoms with E-state index >= 15 is 0 Å². The molecule has 0 saturated carbocycles. The van der Waals surface area contributed by atoms with E-state index in [2.05, 4.69) is 10.1 Å². The van der Waals surface area contributed by atoms with Crippen LogP contribution in [0.3, 0.4) is 0 Å². The first-order valence-corrected chi connectivity index (χ1v) is 9.93. The van der Waals surface area contributed by atoms with Crippen LogP contribution in [0.4, 0.5) is 5.69 Å². The van der Waals surface area contributed by atoms with Crippen molar-refractivity contribution >= 4 is 17.8 Å². The van der Waals surface area contributed by atoms with Crippen molar-refractivity contribution < 1.29 is 9.53 Å². The SMILES string of the molecule is Cc1cccc(-n2[nH]c(C)c(C=Nc3ccc(C(=O)N4CCOCC4)cc3)c2=O)c1. The molecular formula is C23H24N4O3. The summed E-state index contributed by atoms with van der Waals surface area (Å²) in [6.45, 7) is 6.20. The molecule has 0 bridgehead atoms. The van der Waals surface area contributed by atoms with Crippen molar-refractivity contribution in [1.82, 2.24) is 14.7 Å². The first-order chi connectivity index (χ1) is 14.5. The molecule has 1 N–H and O–H groups in total. The Bertz CT molecular complexity index is 1140. The number of H-pyrrole nitrogens is 1. The highest BCUT2D eigenvalue weighted by Gasteiger charge is 2.18. The van der Waals surface area contributed by atoms with Crippen LogP contribution < -0.4 is 5.56 Å². The van der Waals surface area contributed by atoms with Crippen LogP contribution >= 0.6 is 0 Å². The summed E-state index contributed by atoms with van der Waals surface area (Å²) in [6.07, 6.45) is 1.57. The molecule has 2 aromatic carbocycles. The Morgan fingerprint density at radius 1 is 1.10 bits per heavy atom. The zero-order chi connectivity index (χ0) is 21.1. The number of hydrogen-bond acceptors (Lipinski definition) is 4. The lowest BCUT2D eigenvalue weighted by Gasteiger charge is -2.26. The molecule has 3 aromatic rings. The average molecular weight is 404 g/mol. The smallest absolute Gasteiger partial charge is 0.280 e. The predicted molar refractivity (Wildman–Crippen MR) is 116 cm³/mol. The monoisotopic (exact) mass is 404 g/mol. The van der Waals surface area contributed by atoms with Gasteiger partial charge in [-0.15, -0.1) is 0 Å². The molecule has 1 saturated heterocycles. The van der Waals surface area contributed by atoms with Crippen molar-refractivity contribution in [2.45, 2.75) is 13.8 Å². The molecule has 154 valence electrons. The third kappa shape index (κ3) is 4.11. The lowest BCUT2D eigenvalue weighted by Crippen LogP contribution is -2.40. The molecule has 7 nitrogen and oxygen atoms in total. The maximum Gasteiger partial charge on any atom is 0.280 e. The fourth-order valence-corrected chi connectivity index (χ4v) is 3.44. The average Bonchev–Trinajstić information content (AvgIpc) is 3.06. The zero-order valence-electron chi connectivity index (χ0n) is 17.1.